The quantitative estimate of drug-likeness (QED) is 0.307. The van der Waals surface area contributed by atoms with Crippen LogP contribution < -0.4 is 0 Å². The van der Waals surface area contributed by atoms with Gasteiger partial charge in [-0.15, -0.1) is 0 Å². The van der Waals surface area contributed by atoms with Crippen molar-refractivity contribution in [1.29, 1.82) is 0 Å². The zero-order valence-electron chi connectivity index (χ0n) is 18.4. The highest BCUT2D eigenvalue weighted by Crippen LogP contribution is 2.25. The predicted molar refractivity (Wildman–Crippen MR) is 114 cm³/mol. The molecule has 1 aliphatic carbocycles. The van der Waals surface area contributed by atoms with Gasteiger partial charge < -0.3 is 24.5 Å². The van der Waals surface area contributed by atoms with Gasteiger partial charge >= 0.3 is 5.71 Å². The number of morpholine rings is 2. The van der Waals surface area contributed by atoms with Crippen molar-refractivity contribution in [1.82, 2.24) is 9.80 Å². The molecule has 0 saturated carbocycles. The van der Waals surface area contributed by atoms with Gasteiger partial charge in [0.25, 0.3) is 0 Å². The van der Waals surface area contributed by atoms with E-state index in [1.807, 2.05) is 12.2 Å². The number of nitrogens with zero attached hydrogens (tertiary/aromatic N) is 4. The van der Waals surface area contributed by atoms with Crippen LogP contribution in [0, 0.1) is 0 Å². The summed E-state index contributed by atoms with van der Waals surface area (Å²) in [7, 11) is 0. The largest absolute Gasteiger partial charge is 0.496 e. The van der Waals surface area contributed by atoms with Crippen LogP contribution in [0.25, 0.3) is 5.53 Å². The summed E-state index contributed by atoms with van der Waals surface area (Å²) in [5, 5.41) is 0. The number of unbranched alkanes of at least 4 members (excludes halogenated alkanes) is 2. The normalized spacial score (nSPS) is 26.0. The average molecular weight is 421 g/mol. The number of hydrogen-bond acceptors (Lipinski definition) is 6. The first-order valence-corrected chi connectivity index (χ1v) is 11.4. The lowest BCUT2D eigenvalue weighted by Gasteiger charge is -2.43. The molecule has 2 heterocycles. The molecule has 0 spiro atoms. The Balaban J connectivity index is 1.76. The maximum absolute atomic E-state index is 9.53. The van der Waals surface area contributed by atoms with E-state index in [4.69, 9.17) is 18.9 Å². The fraction of sp³-hybridized carbons (Fsp3) is 0.773. The molecule has 168 valence electrons. The van der Waals surface area contributed by atoms with Gasteiger partial charge in [-0.2, -0.15) is 4.79 Å². The molecule has 0 amide bonds. The lowest BCUT2D eigenvalue weighted by Crippen LogP contribution is -2.56. The first kappa shape index (κ1) is 23.0. The van der Waals surface area contributed by atoms with Crippen molar-refractivity contribution < 1.29 is 23.7 Å². The van der Waals surface area contributed by atoms with Crippen LogP contribution in [0.5, 0.6) is 0 Å². The summed E-state index contributed by atoms with van der Waals surface area (Å²) in [5.74, 6) is 1.43. The lowest BCUT2D eigenvalue weighted by molar-refractivity contribution is -0.138. The Labute approximate surface area is 180 Å². The van der Waals surface area contributed by atoms with Gasteiger partial charge in [-0.1, -0.05) is 26.7 Å². The summed E-state index contributed by atoms with van der Waals surface area (Å²) in [4.78, 5) is 8.18. The zero-order valence-corrected chi connectivity index (χ0v) is 18.4. The monoisotopic (exact) mass is 420 g/mol. The fourth-order valence-corrected chi connectivity index (χ4v) is 3.87. The minimum atomic E-state index is -0.0589. The Bertz CT molecular complexity index is 654. The highest BCUT2D eigenvalue weighted by Gasteiger charge is 2.36. The van der Waals surface area contributed by atoms with Crippen LogP contribution in [0.15, 0.2) is 23.7 Å². The maximum Gasteiger partial charge on any atom is 0.359 e. The first-order chi connectivity index (χ1) is 14.8. The molecule has 2 unspecified atom stereocenters. The molecule has 2 fully saturated rings. The fourth-order valence-electron chi connectivity index (χ4n) is 3.87. The van der Waals surface area contributed by atoms with Gasteiger partial charge in [0.05, 0.1) is 45.2 Å². The Hall–Kier alpha value is -1.70. The van der Waals surface area contributed by atoms with Gasteiger partial charge in [-0.3, -0.25) is 9.80 Å². The van der Waals surface area contributed by atoms with Crippen molar-refractivity contribution in [3.63, 3.8) is 0 Å². The third-order valence-electron chi connectivity index (χ3n) is 5.69. The van der Waals surface area contributed by atoms with E-state index in [0.717, 1.165) is 70.8 Å². The van der Waals surface area contributed by atoms with Gasteiger partial charge in [-0.25, -0.2) is 0 Å². The highest BCUT2D eigenvalue weighted by atomic mass is 16.5. The zero-order chi connectivity index (χ0) is 21.2. The molecule has 0 aromatic rings. The van der Waals surface area contributed by atoms with E-state index < -0.39 is 0 Å². The van der Waals surface area contributed by atoms with E-state index in [-0.39, 0.29) is 12.3 Å². The van der Waals surface area contributed by atoms with Gasteiger partial charge in [0.15, 0.2) is 0 Å². The summed E-state index contributed by atoms with van der Waals surface area (Å²) in [6, 6.07) is -0.0589. The van der Waals surface area contributed by atoms with Crippen molar-refractivity contribution in [3.8, 4) is 0 Å². The van der Waals surface area contributed by atoms with E-state index in [2.05, 4.69) is 28.4 Å². The molecule has 0 radical (unpaired) electrons. The molecule has 3 rings (SSSR count). The summed E-state index contributed by atoms with van der Waals surface area (Å²) < 4.78 is 23.6. The number of allylic oxidation sites excluding steroid dienone is 1. The van der Waals surface area contributed by atoms with E-state index >= 15 is 0 Å². The Morgan fingerprint density at radius 2 is 1.73 bits per heavy atom. The van der Waals surface area contributed by atoms with Crippen molar-refractivity contribution >= 4 is 5.71 Å². The Morgan fingerprint density at radius 1 is 1.03 bits per heavy atom. The van der Waals surface area contributed by atoms with Crippen molar-refractivity contribution in [2.24, 2.45) is 0 Å². The molecule has 0 bridgehead atoms. The molecule has 8 heteroatoms. The van der Waals surface area contributed by atoms with E-state index in [1.54, 1.807) is 0 Å². The van der Waals surface area contributed by atoms with Gasteiger partial charge in [0, 0.05) is 26.2 Å². The number of rotatable bonds is 10. The highest BCUT2D eigenvalue weighted by molar-refractivity contribution is 6.04. The second-order valence-electron chi connectivity index (χ2n) is 7.88. The van der Waals surface area contributed by atoms with Crippen molar-refractivity contribution in [2.45, 2.75) is 51.8 Å². The second-order valence-corrected chi connectivity index (χ2v) is 7.88. The molecule has 2 atom stereocenters. The van der Waals surface area contributed by atoms with Crippen LogP contribution in [-0.4, -0.2) is 91.8 Å². The number of ether oxygens (including phenoxy) is 4. The first-order valence-electron chi connectivity index (χ1n) is 11.4. The Kier molecular flexibility index (Phi) is 9.36. The molecule has 0 aromatic heterocycles. The third kappa shape index (κ3) is 6.15. The summed E-state index contributed by atoms with van der Waals surface area (Å²) in [6.45, 7) is 11.1. The van der Waals surface area contributed by atoms with Crippen LogP contribution in [0.2, 0.25) is 0 Å². The Morgan fingerprint density at radius 3 is 2.43 bits per heavy atom. The van der Waals surface area contributed by atoms with Crippen LogP contribution in [0.4, 0.5) is 0 Å². The molecule has 0 N–H and O–H groups in total. The molecule has 2 saturated heterocycles. The van der Waals surface area contributed by atoms with Crippen LogP contribution in [0.1, 0.15) is 39.5 Å². The van der Waals surface area contributed by atoms with Gasteiger partial charge in [0.2, 0.25) is 5.76 Å². The standard InChI is InChI=1S/C22H36N4O4/c1-3-5-10-28-20-16-19(21(15-18(20)24-23)29-11-6-4-2)26-9-14-30-22(17-26)25-7-12-27-13-8-25/h15-16,19,22H,3-14,17H2,1-2H3. The lowest BCUT2D eigenvalue weighted by atomic mass is 10.0. The molecular weight excluding hydrogens is 384 g/mol. The van der Waals surface area contributed by atoms with Crippen molar-refractivity contribution in [3.05, 3.63) is 29.2 Å². The van der Waals surface area contributed by atoms with Crippen molar-refractivity contribution in [2.75, 3.05) is 59.2 Å². The summed E-state index contributed by atoms with van der Waals surface area (Å²) in [5.41, 5.74) is 9.95. The predicted octanol–water partition coefficient (Wildman–Crippen LogP) is 2.43. The van der Waals surface area contributed by atoms with Crippen LogP contribution in [-0.2, 0) is 18.9 Å². The maximum atomic E-state index is 9.53. The van der Waals surface area contributed by atoms with E-state index in [0.29, 0.717) is 31.3 Å². The minimum Gasteiger partial charge on any atom is -0.496 e. The topological polar surface area (TPSA) is 79.8 Å². The van der Waals surface area contributed by atoms with Crippen LogP contribution >= 0.6 is 0 Å². The average Bonchev–Trinajstić information content (AvgIpc) is 2.80. The van der Waals surface area contributed by atoms with Gasteiger partial charge in [0.1, 0.15) is 12.0 Å². The molecule has 3 aliphatic rings. The van der Waals surface area contributed by atoms with Gasteiger partial charge in [-0.05, 0) is 18.9 Å². The van der Waals surface area contributed by atoms with E-state index in [1.165, 1.54) is 0 Å². The second kappa shape index (κ2) is 12.2. The SMILES string of the molecule is CCCCOC1=CC(N2CCOC(N3CCOCC3)C2)C(OCCCC)=CC1=[N+]=[N-]. The molecule has 30 heavy (non-hydrogen) atoms. The number of hydrogen-bond donors (Lipinski definition) is 0. The van der Waals surface area contributed by atoms with E-state index in [9.17, 15) is 5.53 Å². The molecule has 0 aromatic carbocycles. The smallest absolute Gasteiger partial charge is 0.359 e. The summed E-state index contributed by atoms with van der Waals surface area (Å²) >= 11 is 0. The molecule has 8 nitrogen and oxygen atoms in total. The summed E-state index contributed by atoms with van der Waals surface area (Å²) in [6.07, 6.45) is 7.96. The third-order valence-corrected chi connectivity index (χ3v) is 5.69. The molecule has 2 aliphatic heterocycles. The van der Waals surface area contributed by atoms with Crippen LogP contribution in [0.3, 0.4) is 0 Å². The minimum absolute atomic E-state index is 0.0466. The molecular formula is C22H36N4O4.